The molecule has 14 spiro atoms. The van der Waals surface area contributed by atoms with Crippen molar-refractivity contribution in [2.75, 3.05) is 392 Å². The third kappa shape index (κ3) is 26.7. The molecule has 2 unspecified atom stereocenters. The van der Waals surface area contributed by atoms with Crippen LogP contribution in [0.5, 0.6) is 0 Å². The third-order valence-corrected chi connectivity index (χ3v) is 43.4. The molecule has 1 aliphatic carbocycles. The molecule has 31 heteroatoms. The molecule has 27 aliphatic heterocycles. The molecule has 0 bridgehead atoms. The average molecular weight is 1940 g/mol. The van der Waals surface area contributed by atoms with Crippen LogP contribution in [-0.2, 0) is 71.8 Å². The van der Waals surface area contributed by atoms with Crippen LogP contribution in [-0.4, -0.2) is 527 Å². The maximum atomic E-state index is 11.1. The lowest BCUT2D eigenvalue weighted by molar-refractivity contribution is -0.182. The van der Waals surface area contributed by atoms with Crippen LogP contribution in [0, 0.1) is 27.1 Å². The summed E-state index contributed by atoms with van der Waals surface area (Å²) in [5.41, 5.74) is 6.36. The highest BCUT2D eigenvalue weighted by Gasteiger charge is 2.60. The molecule has 0 radical (unpaired) electrons. The number of nitrogens with zero attached hydrogens (tertiary/aromatic N) is 14. The second-order valence-electron chi connectivity index (χ2n) is 49.6. The summed E-state index contributed by atoms with van der Waals surface area (Å²) in [5.74, 6) is 1.29. The van der Waals surface area contributed by atoms with Crippen molar-refractivity contribution in [2.24, 2.45) is 27.1 Å². The molecule has 0 aromatic carbocycles. The van der Waals surface area contributed by atoms with Crippen LogP contribution in [0.4, 0.5) is 0 Å². The standard InChI is InChI=1S/2C9H17NO.5C8H15NO.3C7H13NO.C7H13N.2C6H11NO2S.C6H11NO/c1-10-5-2-9(8-10)3-6-11-7-4-9;1-10-6-4-9(5-7-10)3-2-8-11-9;1-9-5-2-8(9)3-6-10-7-4-8;1-9-5-2-8(3-6-9)4-7-10-8;1-9-4-2-8(3-5-9)6-10-7-8;1-9-5-2-3-8(7-9)4-6-10-8;1-9-4-2-3-8(5-9)6-10-7-8;1-8-4-2-7(8)3-5-9-6-7;1-8-3-2-7(4-8)5-9-6-7;1-8-4-2-3-7(8)5-9-6-7;1-8-6-5-7(8)3-2-4-7;1-7-2-6(3-7)4-10(8,9)5-6;1-7-4-6(5-7)2-3-10(6,8)9;1-7-3-2-6(7)4-8-5-6/h2*2-8H2,1H3;5*2-7H2,1H3;3*2-6H2,1H3;2-6H2,1H3;2*2-5H2,1H3;2-5H2,1H3. The van der Waals surface area contributed by atoms with E-state index in [0.717, 1.165) is 170 Å². The molecule has 28 rings (SSSR count). The van der Waals surface area contributed by atoms with Gasteiger partial charge in [0.05, 0.1) is 136 Å². The van der Waals surface area contributed by atoms with Crippen LogP contribution in [0.2, 0.25) is 0 Å². The zero-order valence-electron chi connectivity index (χ0n) is 87.9. The average Bonchev–Trinajstić information content (AvgIpc) is 1.27. The van der Waals surface area contributed by atoms with Gasteiger partial charge < -0.3 is 106 Å². The number of piperidine rings is 5. The molecule has 27 saturated heterocycles. The van der Waals surface area contributed by atoms with Crippen molar-refractivity contribution in [1.82, 2.24) is 68.6 Å². The van der Waals surface area contributed by atoms with E-state index in [1.54, 1.807) is 0 Å². The van der Waals surface area contributed by atoms with Gasteiger partial charge in [-0.05, 0) is 343 Å². The van der Waals surface area contributed by atoms with Crippen molar-refractivity contribution >= 4 is 19.7 Å². The van der Waals surface area contributed by atoms with E-state index in [-0.39, 0.29) is 10.2 Å². The lowest BCUT2D eigenvalue weighted by Crippen LogP contribution is -2.70. The highest BCUT2D eigenvalue weighted by molar-refractivity contribution is 7.94. The Labute approximate surface area is 819 Å². The Morgan fingerprint density at radius 3 is 0.793 bits per heavy atom. The van der Waals surface area contributed by atoms with Crippen molar-refractivity contribution in [3.63, 3.8) is 0 Å². The second-order valence-corrected chi connectivity index (χ2v) is 54.1. The molecule has 27 heterocycles. The summed E-state index contributed by atoms with van der Waals surface area (Å²) >= 11 is 0. The Bertz CT molecular complexity index is 3690. The van der Waals surface area contributed by atoms with Gasteiger partial charge in [-0.25, -0.2) is 16.8 Å². The zero-order valence-corrected chi connectivity index (χ0v) is 89.6. The van der Waals surface area contributed by atoms with Crippen molar-refractivity contribution in [2.45, 2.75) is 248 Å². The van der Waals surface area contributed by atoms with Gasteiger partial charge in [-0.3, -0.25) is 14.7 Å². The molecule has 0 amide bonds. The van der Waals surface area contributed by atoms with Gasteiger partial charge in [0.2, 0.25) is 0 Å². The SMILES string of the molecule is CN1CC2(C1)CS(=O)(=O)C2.CN1CC2(CCS2(=O)=O)C1.CN1CCC12CCC2.CN1CCC12CCOC2.CN1CCC12CCOCC2.CN1CCC12COC2.CN1CCC2(CC1)COC2.CN1CCC2(CCCO2)CC1.CN1CCC2(CCO2)CC1.CN1CCC2(CCOCC2)C1.CN1CCC2(COC2)C1.CN1CCCC12COC2.CN1CCCC2(CCO2)C1.CN1CCCC2(COC2)C1. The molecule has 28 aliphatic rings. The maximum Gasteiger partial charge on any atom is 0.158 e. The van der Waals surface area contributed by atoms with Gasteiger partial charge in [0.25, 0.3) is 0 Å². The lowest BCUT2D eigenvalue weighted by Gasteiger charge is -2.57. The number of likely N-dealkylation sites (N-methyl/N-ethyl adjacent to an activating group) is 4. The van der Waals surface area contributed by atoms with Gasteiger partial charge in [-0.2, -0.15) is 0 Å². The fourth-order valence-corrected chi connectivity index (χ4v) is 30.9. The number of hydrogen-bond donors (Lipinski definition) is 0. The Morgan fingerprint density at radius 1 is 0.200 bits per heavy atom. The highest BCUT2D eigenvalue weighted by Crippen LogP contribution is 2.49. The molecule has 2 atom stereocenters. The molecule has 0 aromatic heterocycles. The molecule has 28 fully saturated rings. The van der Waals surface area contributed by atoms with Gasteiger partial charge in [0.15, 0.2) is 19.7 Å². The van der Waals surface area contributed by atoms with E-state index in [2.05, 4.69) is 153 Å². The van der Waals surface area contributed by atoms with Gasteiger partial charge >= 0.3 is 0 Å². The maximum absolute atomic E-state index is 11.1. The summed E-state index contributed by atoms with van der Waals surface area (Å²) in [6, 6.07) is 0. The fraction of sp³-hybridized carbons (Fsp3) is 1.00. The smallest absolute Gasteiger partial charge is 0.158 e. The molecule has 0 N–H and O–H groups in total. The first-order chi connectivity index (χ1) is 64.4. The number of sulfone groups is 2. The number of likely N-dealkylation sites (tertiary alicyclic amines) is 14. The van der Waals surface area contributed by atoms with E-state index in [1.165, 1.54) is 310 Å². The minimum absolute atomic E-state index is 0.188. The van der Waals surface area contributed by atoms with E-state index in [1.807, 2.05) is 14.1 Å². The first-order valence-corrected chi connectivity index (χ1v) is 57.6. The Balaban J connectivity index is 0.000000111. The van der Waals surface area contributed by atoms with Crippen molar-refractivity contribution in [3.8, 4) is 0 Å². The monoisotopic (exact) mass is 1940 g/mol. The number of hydrogen-bond acceptors (Lipinski definition) is 29. The first kappa shape index (κ1) is 108. The van der Waals surface area contributed by atoms with Crippen LogP contribution in [0.3, 0.4) is 0 Å². The summed E-state index contributed by atoms with van der Waals surface area (Å²) in [6.07, 6.45) is 40.9. The quantitative estimate of drug-likeness (QED) is 0.225. The van der Waals surface area contributed by atoms with Crippen molar-refractivity contribution in [1.29, 1.82) is 0 Å². The zero-order chi connectivity index (χ0) is 95.6. The Kier molecular flexibility index (Phi) is 36.9. The summed E-state index contributed by atoms with van der Waals surface area (Å²) in [5, 5.41) is 0. The number of ether oxygens (including phenoxy) is 11. The lowest BCUT2D eigenvalue weighted by atomic mass is 9.68. The minimum Gasteiger partial charge on any atom is -0.381 e. The van der Waals surface area contributed by atoms with E-state index < -0.39 is 19.7 Å². The van der Waals surface area contributed by atoms with E-state index in [4.69, 9.17) is 52.1 Å². The van der Waals surface area contributed by atoms with Crippen molar-refractivity contribution < 1.29 is 68.9 Å². The fourth-order valence-electron chi connectivity index (χ4n) is 26.8. The molecular formula is C104H194N14O15S2. The largest absolute Gasteiger partial charge is 0.381 e. The predicted octanol–water partition coefficient (Wildman–Crippen LogP) is 7.92. The van der Waals surface area contributed by atoms with E-state index in [9.17, 15) is 16.8 Å². The van der Waals surface area contributed by atoms with E-state index >= 15 is 0 Å². The van der Waals surface area contributed by atoms with Gasteiger partial charge in [0, 0.05) is 189 Å². The highest BCUT2D eigenvalue weighted by atomic mass is 32.2. The van der Waals surface area contributed by atoms with Crippen LogP contribution >= 0.6 is 0 Å². The third-order valence-electron chi connectivity index (χ3n) is 38.8. The van der Waals surface area contributed by atoms with Crippen LogP contribution < -0.4 is 0 Å². The topological polar surface area (TPSA) is 215 Å². The van der Waals surface area contributed by atoms with Crippen LogP contribution in [0.1, 0.15) is 199 Å². The molecule has 135 heavy (non-hydrogen) atoms. The molecular weight excluding hydrogens is 1750 g/mol. The van der Waals surface area contributed by atoms with Gasteiger partial charge in [-0.15, -0.1) is 0 Å². The Hall–Kier alpha value is -1.10. The van der Waals surface area contributed by atoms with Crippen LogP contribution in [0.25, 0.3) is 0 Å². The van der Waals surface area contributed by atoms with Crippen LogP contribution in [0.15, 0.2) is 0 Å². The molecule has 29 nitrogen and oxygen atoms in total. The number of rotatable bonds is 0. The normalized spacial score (nSPS) is 34.2. The minimum atomic E-state index is -2.66. The summed E-state index contributed by atoms with van der Waals surface area (Å²) in [6.45, 7) is 46.3. The molecule has 782 valence electrons. The summed E-state index contributed by atoms with van der Waals surface area (Å²) in [7, 11) is 25.2. The summed E-state index contributed by atoms with van der Waals surface area (Å²) in [4.78, 5) is 33.3. The van der Waals surface area contributed by atoms with Gasteiger partial charge in [-0.1, -0.05) is 0 Å². The van der Waals surface area contributed by atoms with Gasteiger partial charge in [0.1, 0.15) is 0 Å². The predicted molar refractivity (Wildman–Crippen MR) is 537 cm³/mol. The van der Waals surface area contributed by atoms with Crippen molar-refractivity contribution in [3.05, 3.63) is 0 Å². The Morgan fingerprint density at radius 2 is 0.541 bits per heavy atom. The van der Waals surface area contributed by atoms with E-state index in [0.29, 0.717) is 77.9 Å². The second kappa shape index (κ2) is 46.1. The first-order valence-electron chi connectivity index (χ1n) is 54.1. The summed E-state index contributed by atoms with van der Waals surface area (Å²) < 4.78 is 103. The molecule has 1 saturated carbocycles. The molecule has 0 aromatic rings.